The quantitative estimate of drug-likeness (QED) is 0.691. The third kappa shape index (κ3) is 3.29. The van der Waals surface area contributed by atoms with Crippen LogP contribution in [0.25, 0.3) is 0 Å². The zero-order valence-electron chi connectivity index (χ0n) is 9.29. The van der Waals surface area contributed by atoms with Gasteiger partial charge in [-0.05, 0) is 33.1 Å². The number of rotatable bonds is 4. The molecule has 0 aromatic heterocycles. The monoisotopic (exact) mass is 199 g/mol. The first-order valence-corrected chi connectivity index (χ1v) is 5.67. The van der Waals surface area contributed by atoms with E-state index in [1.807, 2.05) is 18.7 Å². The van der Waals surface area contributed by atoms with Gasteiger partial charge in [0.05, 0.1) is 12.5 Å². The second-order valence-electron chi connectivity index (χ2n) is 3.76. The number of amides is 1. The summed E-state index contributed by atoms with van der Waals surface area (Å²) in [6, 6.07) is 0. The van der Waals surface area contributed by atoms with Crippen molar-refractivity contribution in [2.45, 2.75) is 45.6 Å². The third-order valence-electron chi connectivity index (χ3n) is 2.79. The lowest BCUT2D eigenvalue weighted by atomic mass is 10.1. The van der Waals surface area contributed by atoms with E-state index in [0.717, 1.165) is 32.5 Å². The largest absolute Gasteiger partial charge is 0.378 e. The number of nitrogens with zero attached hydrogens (tertiary/aromatic N) is 1. The first-order valence-electron chi connectivity index (χ1n) is 5.67. The Morgan fingerprint density at radius 2 is 2.07 bits per heavy atom. The van der Waals surface area contributed by atoms with Crippen molar-refractivity contribution >= 4 is 5.91 Å². The molecule has 1 atom stereocenters. The molecule has 1 aliphatic heterocycles. The average Bonchev–Trinajstić information content (AvgIpc) is 2.21. The van der Waals surface area contributed by atoms with E-state index in [0.29, 0.717) is 6.42 Å². The normalized spacial score (nSPS) is 22.0. The molecule has 0 radical (unpaired) electrons. The van der Waals surface area contributed by atoms with Crippen LogP contribution in [0.5, 0.6) is 0 Å². The molecular formula is C11H21NO2. The summed E-state index contributed by atoms with van der Waals surface area (Å²) < 4.78 is 5.54. The van der Waals surface area contributed by atoms with Crippen LogP contribution >= 0.6 is 0 Å². The maximum atomic E-state index is 11.7. The third-order valence-corrected chi connectivity index (χ3v) is 2.79. The van der Waals surface area contributed by atoms with Crippen molar-refractivity contribution in [2.75, 3.05) is 19.7 Å². The van der Waals surface area contributed by atoms with Crippen LogP contribution in [0.4, 0.5) is 0 Å². The van der Waals surface area contributed by atoms with Gasteiger partial charge in [-0.1, -0.05) is 0 Å². The molecule has 0 N–H and O–H groups in total. The SMILES string of the molecule is CCN(CC)C(=O)CC1CCCCO1. The Morgan fingerprint density at radius 1 is 1.36 bits per heavy atom. The van der Waals surface area contributed by atoms with Crippen molar-refractivity contribution in [3.8, 4) is 0 Å². The summed E-state index contributed by atoms with van der Waals surface area (Å²) in [7, 11) is 0. The standard InChI is InChI=1S/C11H21NO2/c1-3-12(4-2)11(13)9-10-7-5-6-8-14-10/h10H,3-9H2,1-2H3. The molecule has 0 aromatic carbocycles. The predicted octanol–water partition coefficient (Wildman–Crippen LogP) is 1.81. The molecule has 0 aliphatic carbocycles. The summed E-state index contributed by atoms with van der Waals surface area (Å²) in [5.74, 6) is 0.238. The molecule has 82 valence electrons. The second kappa shape index (κ2) is 6.02. The van der Waals surface area contributed by atoms with Gasteiger partial charge < -0.3 is 9.64 Å². The summed E-state index contributed by atoms with van der Waals surface area (Å²) in [4.78, 5) is 13.6. The van der Waals surface area contributed by atoms with Gasteiger partial charge in [-0.2, -0.15) is 0 Å². The van der Waals surface area contributed by atoms with E-state index in [2.05, 4.69) is 0 Å². The van der Waals surface area contributed by atoms with Crippen molar-refractivity contribution in [3.05, 3.63) is 0 Å². The molecular weight excluding hydrogens is 178 g/mol. The van der Waals surface area contributed by atoms with E-state index in [1.54, 1.807) is 0 Å². The predicted molar refractivity (Wildman–Crippen MR) is 56.1 cm³/mol. The summed E-state index contributed by atoms with van der Waals surface area (Å²) in [6.45, 7) is 6.48. The molecule has 1 heterocycles. The molecule has 1 unspecified atom stereocenters. The molecule has 1 aliphatic rings. The van der Waals surface area contributed by atoms with Gasteiger partial charge in [-0.15, -0.1) is 0 Å². The minimum atomic E-state index is 0.178. The van der Waals surface area contributed by atoms with Gasteiger partial charge in [-0.25, -0.2) is 0 Å². The fourth-order valence-electron chi connectivity index (χ4n) is 1.87. The average molecular weight is 199 g/mol. The highest BCUT2D eigenvalue weighted by atomic mass is 16.5. The minimum Gasteiger partial charge on any atom is -0.378 e. The van der Waals surface area contributed by atoms with Crippen LogP contribution in [-0.2, 0) is 9.53 Å². The summed E-state index contributed by atoms with van der Waals surface area (Å²) in [5.41, 5.74) is 0. The number of hydrogen-bond acceptors (Lipinski definition) is 2. The highest BCUT2D eigenvalue weighted by Gasteiger charge is 2.19. The molecule has 0 spiro atoms. The summed E-state index contributed by atoms with van der Waals surface area (Å²) in [6.07, 6.45) is 4.15. The lowest BCUT2D eigenvalue weighted by molar-refractivity contribution is -0.134. The zero-order chi connectivity index (χ0) is 10.4. The van der Waals surface area contributed by atoms with Gasteiger partial charge in [0, 0.05) is 19.7 Å². The van der Waals surface area contributed by atoms with E-state index < -0.39 is 0 Å². The van der Waals surface area contributed by atoms with Crippen LogP contribution in [0.15, 0.2) is 0 Å². The van der Waals surface area contributed by atoms with Gasteiger partial charge in [0.1, 0.15) is 0 Å². The highest BCUT2D eigenvalue weighted by molar-refractivity contribution is 5.76. The maximum Gasteiger partial charge on any atom is 0.225 e. The molecule has 0 saturated carbocycles. The van der Waals surface area contributed by atoms with E-state index in [4.69, 9.17) is 4.74 Å². The van der Waals surface area contributed by atoms with Crippen molar-refractivity contribution in [2.24, 2.45) is 0 Å². The first-order chi connectivity index (χ1) is 6.77. The smallest absolute Gasteiger partial charge is 0.225 e. The minimum absolute atomic E-state index is 0.178. The lowest BCUT2D eigenvalue weighted by Crippen LogP contribution is -2.34. The molecule has 3 nitrogen and oxygen atoms in total. The van der Waals surface area contributed by atoms with Gasteiger partial charge in [0.2, 0.25) is 5.91 Å². The molecule has 3 heteroatoms. The Balaban J connectivity index is 2.30. The Hall–Kier alpha value is -0.570. The van der Waals surface area contributed by atoms with Crippen molar-refractivity contribution in [1.82, 2.24) is 4.90 Å². The van der Waals surface area contributed by atoms with Crippen molar-refractivity contribution in [3.63, 3.8) is 0 Å². The zero-order valence-corrected chi connectivity index (χ0v) is 9.29. The number of hydrogen-bond donors (Lipinski definition) is 0. The topological polar surface area (TPSA) is 29.5 Å². The Bertz CT molecular complexity index is 172. The summed E-state index contributed by atoms with van der Waals surface area (Å²) >= 11 is 0. The summed E-state index contributed by atoms with van der Waals surface area (Å²) in [5, 5.41) is 0. The number of carbonyl (C=O) groups is 1. The molecule has 0 aromatic rings. The Labute approximate surface area is 86.4 Å². The molecule has 1 amide bonds. The van der Waals surface area contributed by atoms with Crippen LogP contribution in [0.3, 0.4) is 0 Å². The van der Waals surface area contributed by atoms with Gasteiger partial charge in [-0.3, -0.25) is 4.79 Å². The van der Waals surface area contributed by atoms with Crippen LogP contribution in [0.2, 0.25) is 0 Å². The van der Waals surface area contributed by atoms with Gasteiger partial charge >= 0.3 is 0 Å². The fourth-order valence-corrected chi connectivity index (χ4v) is 1.87. The van der Waals surface area contributed by atoms with Crippen LogP contribution in [0.1, 0.15) is 39.5 Å². The van der Waals surface area contributed by atoms with E-state index in [-0.39, 0.29) is 12.0 Å². The van der Waals surface area contributed by atoms with Gasteiger partial charge in [0.15, 0.2) is 0 Å². The number of carbonyl (C=O) groups excluding carboxylic acids is 1. The highest BCUT2D eigenvalue weighted by Crippen LogP contribution is 2.16. The maximum absolute atomic E-state index is 11.7. The molecule has 14 heavy (non-hydrogen) atoms. The lowest BCUT2D eigenvalue weighted by Gasteiger charge is -2.25. The van der Waals surface area contributed by atoms with Crippen molar-refractivity contribution in [1.29, 1.82) is 0 Å². The Morgan fingerprint density at radius 3 is 2.57 bits per heavy atom. The second-order valence-corrected chi connectivity index (χ2v) is 3.76. The van der Waals surface area contributed by atoms with Gasteiger partial charge in [0.25, 0.3) is 0 Å². The fraction of sp³-hybridized carbons (Fsp3) is 0.909. The molecule has 0 bridgehead atoms. The Kier molecular flexibility index (Phi) is 4.94. The molecule has 1 fully saturated rings. The van der Waals surface area contributed by atoms with E-state index in [9.17, 15) is 4.79 Å². The van der Waals surface area contributed by atoms with Crippen molar-refractivity contribution < 1.29 is 9.53 Å². The van der Waals surface area contributed by atoms with Crippen LogP contribution < -0.4 is 0 Å². The molecule has 1 rings (SSSR count). The van der Waals surface area contributed by atoms with Crippen LogP contribution in [-0.4, -0.2) is 36.6 Å². The number of ether oxygens (including phenoxy) is 1. The molecule has 1 saturated heterocycles. The van der Waals surface area contributed by atoms with E-state index >= 15 is 0 Å². The first kappa shape index (κ1) is 11.5. The van der Waals surface area contributed by atoms with Crippen LogP contribution in [0, 0.1) is 0 Å². The van der Waals surface area contributed by atoms with E-state index in [1.165, 1.54) is 6.42 Å².